The summed E-state index contributed by atoms with van der Waals surface area (Å²) in [7, 11) is 3.58. The number of nitrogens with one attached hydrogen (secondary N) is 1. The van der Waals surface area contributed by atoms with Crippen molar-refractivity contribution in [3.8, 4) is 16.3 Å². The Labute approximate surface area is 170 Å². The summed E-state index contributed by atoms with van der Waals surface area (Å²) in [6.07, 6.45) is 0. The number of benzene rings is 2. The Hall–Kier alpha value is -2.70. The molecule has 5 nitrogen and oxygen atoms in total. The molecule has 0 bridgehead atoms. The summed E-state index contributed by atoms with van der Waals surface area (Å²) >= 11 is 1.60. The summed E-state index contributed by atoms with van der Waals surface area (Å²) in [5, 5.41) is 6.00. The van der Waals surface area contributed by atoms with Crippen molar-refractivity contribution in [2.75, 3.05) is 26.0 Å². The molecule has 0 saturated carbocycles. The van der Waals surface area contributed by atoms with Gasteiger partial charge in [0.05, 0.1) is 19.3 Å². The molecule has 1 N–H and O–H groups in total. The number of rotatable bonds is 7. The lowest BCUT2D eigenvalue weighted by Gasteiger charge is -2.16. The molecule has 0 spiro atoms. The molecular weight excluding hydrogens is 370 g/mol. The van der Waals surface area contributed by atoms with Gasteiger partial charge < -0.3 is 10.1 Å². The molecule has 0 unspecified atom stereocenters. The van der Waals surface area contributed by atoms with Crippen molar-refractivity contribution in [2.45, 2.75) is 20.4 Å². The molecule has 0 aliphatic carbocycles. The van der Waals surface area contributed by atoms with Crippen molar-refractivity contribution >= 4 is 22.9 Å². The van der Waals surface area contributed by atoms with Crippen LogP contribution < -0.4 is 10.1 Å². The van der Waals surface area contributed by atoms with Crippen LogP contribution in [0.25, 0.3) is 10.6 Å². The highest BCUT2D eigenvalue weighted by Gasteiger charge is 2.12. The zero-order valence-corrected chi connectivity index (χ0v) is 17.5. The van der Waals surface area contributed by atoms with E-state index in [0.717, 1.165) is 33.3 Å². The van der Waals surface area contributed by atoms with E-state index in [9.17, 15) is 4.79 Å². The van der Waals surface area contributed by atoms with Crippen molar-refractivity contribution in [3.05, 3.63) is 64.7 Å². The molecule has 0 atom stereocenters. The smallest absolute Gasteiger partial charge is 0.238 e. The van der Waals surface area contributed by atoms with Gasteiger partial charge in [0.25, 0.3) is 0 Å². The van der Waals surface area contributed by atoms with Crippen LogP contribution in [-0.2, 0) is 11.3 Å². The molecule has 28 heavy (non-hydrogen) atoms. The Morgan fingerprint density at radius 2 is 1.93 bits per heavy atom. The molecule has 0 aliphatic rings. The highest BCUT2D eigenvalue weighted by Crippen LogP contribution is 2.26. The summed E-state index contributed by atoms with van der Waals surface area (Å²) in [6, 6.07) is 13.8. The molecule has 1 amide bonds. The van der Waals surface area contributed by atoms with Crippen LogP contribution in [0.4, 0.5) is 5.69 Å². The number of aryl methyl sites for hydroxylation is 1. The van der Waals surface area contributed by atoms with Crippen LogP contribution in [0.5, 0.6) is 5.75 Å². The lowest BCUT2D eigenvalue weighted by Crippen LogP contribution is -2.30. The average Bonchev–Trinajstić information content (AvgIpc) is 3.13. The number of thiazole rings is 1. The number of aromatic nitrogens is 1. The van der Waals surface area contributed by atoms with Crippen molar-refractivity contribution < 1.29 is 9.53 Å². The number of anilines is 1. The highest BCUT2D eigenvalue weighted by atomic mass is 32.1. The van der Waals surface area contributed by atoms with Crippen LogP contribution in [0.15, 0.2) is 47.8 Å². The van der Waals surface area contributed by atoms with Crippen LogP contribution in [-0.4, -0.2) is 36.5 Å². The molecule has 1 aromatic heterocycles. The van der Waals surface area contributed by atoms with Crippen molar-refractivity contribution in [1.29, 1.82) is 0 Å². The highest BCUT2D eigenvalue weighted by molar-refractivity contribution is 7.13. The predicted octanol–water partition coefficient (Wildman–Crippen LogP) is 4.51. The van der Waals surface area contributed by atoms with Crippen molar-refractivity contribution in [3.63, 3.8) is 0 Å². The molecule has 3 rings (SSSR count). The summed E-state index contributed by atoms with van der Waals surface area (Å²) in [5.41, 5.74) is 5.15. The molecule has 6 heteroatoms. The van der Waals surface area contributed by atoms with E-state index >= 15 is 0 Å². The lowest BCUT2D eigenvalue weighted by molar-refractivity contribution is -0.117. The van der Waals surface area contributed by atoms with Crippen molar-refractivity contribution in [1.82, 2.24) is 9.88 Å². The van der Waals surface area contributed by atoms with E-state index in [4.69, 9.17) is 9.72 Å². The van der Waals surface area contributed by atoms with E-state index in [0.29, 0.717) is 13.1 Å². The molecule has 0 fully saturated rings. The van der Waals surface area contributed by atoms with Gasteiger partial charge in [0.2, 0.25) is 5.91 Å². The molecular formula is C22H25N3O2S. The summed E-state index contributed by atoms with van der Waals surface area (Å²) in [5.74, 6) is 0.803. The third-order valence-electron chi connectivity index (χ3n) is 4.61. The van der Waals surface area contributed by atoms with Crippen LogP contribution in [0.3, 0.4) is 0 Å². The fraction of sp³-hybridized carbons (Fsp3) is 0.273. The van der Waals surface area contributed by atoms with E-state index in [2.05, 4.69) is 5.32 Å². The minimum atomic E-state index is -0.0261. The molecule has 0 radical (unpaired) electrons. The van der Waals surface area contributed by atoms with Gasteiger partial charge in [-0.2, -0.15) is 0 Å². The maximum Gasteiger partial charge on any atom is 0.238 e. The van der Waals surface area contributed by atoms with Gasteiger partial charge in [-0.25, -0.2) is 4.98 Å². The maximum absolute atomic E-state index is 12.4. The number of ether oxygens (including phenoxy) is 1. The first-order chi connectivity index (χ1) is 13.5. The second-order valence-corrected chi connectivity index (χ2v) is 7.70. The minimum absolute atomic E-state index is 0.0261. The van der Waals surface area contributed by atoms with Gasteiger partial charge in [0, 0.05) is 23.2 Å². The number of carbonyl (C=O) groups excluding carboxylic acids is 1. The summed E-state index contributed by atoms with van der Waals surface area (Å²) < 4.78 is 5.19. The fourth-order valence-corrected chi connectivity index (χ4v) is 3.72. The zero-order chi connectivity index (χ0) is 20.1. The van der Waals surface area contributed by atoms with Gasteiger partial charge in [-0.3, -0.25) is 9.69 Å². The molecule has 1 heterocycles. The topological polar surface area (TPSA) is 54.5 Å². The number of likely N-dealkylation sites (N-methyl/N-ethyl adjacent to an activating group) is 1. The molecule has 0 saturated heterocycles. The molecule has 3 aromatic rings. The molecule has 2 aromatic carbocycles. The van der Waals surface area contributed by atoms with E-state index in [1.54, 1.807) is 18.4 Å². The van der Waals surface area contributed by atoms with Crippen LogP contribution in [0.1, 0.15) is 16.8 Å². The Morgan fingerprint density at radius 1 is 1.18 bits per heavy atom. The van der Waals surface area contributed by atoms with E-state index < -0.39 is 0 Å². The van der Waals surface area contributed by atoms with Gasteiger partial charge in [0.15, 0.2) is 0 Å². The van der Waals surface area contributed by atoms with Gasteiger partial charge in [0.1, 0.15) is 10.8 Å². The first-order valence-corrected chi connectivity index (χ1v) is 9.97. The summed E-state index contributed by atoms with van der Waals surface area (Å²) in [4.78, 5) is 19.0. The second kappa shape index (κ2) is 8.99. The summed E-state index contributed by atoms with van der Waals surface area (Å²) in [6.45, 7) is 4.99. The minimum Gasteiger partial charge on any atom is -0.497 e. The predicted molar refractivity (Wildman–Crippen MR) is 115 cm³/mol. The third-order valence-corrected chi connectivity index (χ3v) is 5.55. The molecule has 146 valence electrons. The van der Waals surface area contributed by atoms with E-state index in [1.165, 1.54) is 5.56 Å². The standard InChI is InChI=1S/C22H25N3O2S/c1-15-6-5-7-20(16(15)2)24-21(26)13-25(3)12-18-14-28-22(23-18)17-8-10-19(27-4)11-9-17/h5-11,14H,12-13H2,1-4H3,(H,24,26). The fourth-order valence-electron chi connectivity index (χ4n) is 2.90. The first kappa shape index (κ1) is 20.0. The van der Waals surface area contributed by atoms with Gasteiger partial charge in [-0.15, -0.1) is 11.3 Å². The molecule has 0 aliphatic heterocycles. The number of methoxy groups -OCH3 is 1. The number of carbonyl (C=O) groups is 1. The number of hydrogen-bond donors (Lipinski definition) is 1. The van der Waals surface area contributed by atoms with Gasteiger partial charge in [-0.05, 0) is 62.4 Å². The van der Waals surface area contributed by atoms with E-state index in [1.807, 2.05) is 73.6 Å². The average molecular weight is 396 g/mol. The van der Waals surface area contributed by atoms with Crippen LogP contribution in [0.2, 0.25) is 0 Å². The maximum atomic E-state index is 12.4. The Morgan fingerprint density at radius 3 is 2.64 bits per heavy atom. The lowest BCUT2D eigenvalue weighted by atomic mass is 10.1. The van der Waals surface area contributed by atoms with Crippen molar-refractivity contribution in [2.24, 2.45) is 0 Å². The number of hydrogen-bond acceptors (Lipinski definition) is 5. The Bertz CT molecular complexity index is 951. The Balaban J connectivity index is 1.57. The number of nitrogens with zero attached hydrogens (tertiary/aromatic N) is 2. The largest absolute Gasteiger partial charge is 0.497 e. The quantitative estimate of drug-likeness (QED) is 0.640. The van der Waals surface area contributed by atoms with Crippen LogP contribution in [0, 0.1) is 13.8 Å². The zero-order valence-electron chi connectivity index (χ0n) is 16.7. The second-order valence-electron chi connectivity index (χ2n) is 6.84. The monoisotopic (exact) mass is 395 g/mol. The SMILES string of the molecule is COc1ccc(-c2nc(CN(C)CC(=O)Nc3cccc(C)c3C)cs2)cc1. The normalized spacial score (nSPS) is 10.9. The van der Waals surface area contributed by atoms with E-state index in [-0.39, 0.29) is 5.91 Å². The van der Waals surface area contributed by atoms with Crippen LogP contribution >= 0.6 is 11.3 Å². The third kappa shape index (κ3) is 4.97. The van der Waals surface area contributed by atoms with Gasteiger partial charge >= 0.3 is 0 Å². The van der Waals surface area contributed by atoms with Gasteiger partial charge in [-0.1, -0.05) is 12.1 Å². The Kier molecular flexibility index (Phi) is 6.44. The first-order valence-electron chi connectivity index (χ1n) is 9.09. The number of amides is 1.